The number of nitrogens with one attached hydrogen (secondary N) is 1. The van der Waals surface area contributed by atoms with Crippen LogP contribution in [0.3, 0.4) is 0 Å². The third-order valence-corrected chi connectivity index (χ3v) is 3.73. The molecule has 0 saturated heterocycles. The van der Waals surface area contributed by atoms with Crippen LogP contribution in [0.15, 0.2) is 0 Å². The Morgan fingerprint density at radius 3 is 2.12 bits per heavy atom. The molecule has 0 aromatic heterocycles. The van der Waals surface area contributed by atoms with Crippen LogP contribution < -0.4 is 11.1 Å². The van der Waals surface area contributed by atoms with E-state index >= 15 is 0 Å². The molecular weight excluding hydrogens is 233 g/mol. The molecule has 1 amide bonds. The van der Waals surface area contributed by atoms with Gasteiger partial charge in [-0.25, -0.2) is 0 Å². The highest BCUT2D eigenvalue weighted by Gasteiger charge is 2.43. The molecule has 0 radical (unpaired) electrons. The molecule has 0 aromatic carbocycles. The first-order valence-electron chi connectivity index (χ1n) is 6.00. The lowest BCUT2D eigenvalue weighted by Crippen LogP contribution is -2.38. The first-order chi connectivity index (χ1) is 7.88. The number of hydrogen-bond donors (Lipinski definition) is 2. The minimum absolute atomic E-state index is 0.0328. The van der Waals surface area contributed by atoms with Crippen molar-refractivity contribution < 1.29 is 18.0 Å². The molecule has 98 valence electrons. The van der Waals surface area contributed by atoms with Gasteiger partial charge < -0.3 is 11.1 Å². The molecular formula is C11H17F3N2O. The minimum atomic E-state index is -4.11. The van der Waals surface area contributed by atoms with E-state index in [1.54, 1.807) is 0 Å². The summed E-state index contributed by atoms with van der Waals surface area (Å²) < 4.78 is 37.3. The third-order valence-electron chi connectivity index (χ3n) is 3.73. The summed E-state index contributed by atoms with van der Waals surface area (Å²) in [4.78, 5) is 11.7. The van der Waals surface area contributed by atoms with Gasteiger partial charge in [0.1, 0.15) is 0 Å². The molecule has 0 aliphatic heterocycles. The molecule has 2 saturated carbocycles. The normalized spacial score (nSPS) is 37.6. The van der Waals surface area contributed by atoms with E-state index in [-0.39, 0.29) is 36.8 Å². The fourth-order valence-electron chi connectivity index (χ4n) is 2.36. The van der Waals surface area contributed by atoms with E-state index in [0.29, 0.717) is 12.8 Å². The summed E-state index contributed by atoms with van der Waals surface area (Å²) in [6.45, 7) is 0. The summed E-state index contributed by atoms with van der Waals surface area (Å²) >= 11 is 0. The van der Waals surface area contributed by atoms with E-state index in [4.69, 9.17) is 5.73 Å². The topological polar surface area (TPSA) is 55.1 Å². The third kappa shape index (κ3) is 3.12. The largest absolute Gasteiger partial charge is 0.391 e. The standard InChI is InChI=1S/C11H17F3N2O/c12-11(13,14)7-3-1-6(2-4-7)10(17)16-9-5-8(9)15/h6-9H,1-5,15H2,(H,16,17). The number of alkyl halides is 3. The van der Waals surface area contributed by atoms with Crippen LogP contribution in [0.5, 0.6) is 0 Å². The Morgan fingerprint density at radius 2 is 1.71 bits per heavy atom. The Labute approximate surface area is 97.9 Å². The maximum atomic E-state index is 12.4. The van der Waals surface area contributed by atoms with Crippen LogP contribution >= 0.6 is 0 Å². The van der Waals surface area contributed by atoms with Crippen LogP contribution in [0, 0.1) is 11.8 Å². The predicted octanol–water partition coefficient (Wildman–Crippen LogP) is 1.57. The second-order valence-corrected chi connectivity index (χ2v) is 5.10. The Hall–Kier alpha value is -0.780. The zero-order valence-electron chi connectivity index (χ0n) is 9.46. The molecule has 2 aliphatic rings. The highest BCUT2D eigenvalue weighted by atomic mass is 19.4. The summed E-state index contributed by atoms with van der Waals surface area (Å²) in [6, 6.07) is 0.0771. The summed E-state index contributed by atoms with van der Waals surface area (Å²) in [5.74, 6) is -1.61. The smallest absolute Gasteiger partial charge is 0.352 e. The van der Waals surface area contributed by atoms with Gasteiger partial charge in [0.15, 0.2) is 0 Å². The molecule has 3 N–H and O–H groups in total. The van der Waals surface area contributed by atoms with Gasteiger partial charge in [-0.15, -0.1) is 0 Å². The average molecular weight is 250 g/mol. The van der Waals surface area contributed by atoms with Crippen molar-refractivity contribution in [3.8, 4) is 0 Å². The van der Waals surface area contributed by atoms with Gasteiger partial charge in [0.05, 0.1) is 5.92 Å². The fraction of sp³-hybridized carbons (Fsp3) is 0.909. The number of carbonyl (C=O) groups excluding carboxylic acids is 1. The molecule has 6 heteroatoms. The highest BCUT2D eigenvalue weighted by molar-refractivity contribution is 5.79. The van der Waals surface area contributed by atoms with Crippen molar-refractivity contribution in [3.63, 3.8) is 0 Å². The van der Waals surface area contributed by atoms with E-state index in [2.05, 4.69) is 5.32 Å². The van der Waals surface area contributed by atoms with Crippen molar-refractivity contribution in [2.75, 3.05) is 0 Å². The monoisotopic (exact) mass is 250 g/mol. The number of amides is 1. The lowest BCUT2D eigenvalue weighted by Gasteiger charge is -2.29. The van der Waals surface area contributed by atoms with E-state index < -0.39 is 12.1 Å². The van der Waals surface area contributed by atoms with Gasteiger partial charge in [-0.2, -0.15) is 13.2 Å². The summed E-state index contributed by atoms with van der Waals surface area (Å²) in [5, 5.41) is 2.78. The SMILES string of the molecule is NC1CC1NC(=O)C1CCC(C(F)(F)F)CC1. The summed E-state index contributed by atoms with van der Waals surface area (Å²) in [5.41, 5.74) is 5.56. The van der Waals surface area contributed by atoms with Crippen molar-refractivity contribution >= 4 is 5.91 Å². The maximum absolute atomic E-state index is 12.4. The van der Waals surface area contributed by atoms with E-state index in [1.807, 2.05) is 0 Å². The molecule has 2 aliphatic carbocycles. The van der Waals surface area contributed by atoms with Crippen LogP contribution in [0.1, 0.15) is 32.1 Å². The molecule has 2 rings (SSSR count). The number of carbonyl (C=O) groups is 1. The average Bonchev–Trinajstić information content (AvgIpc) is 2.93. The Kier molecular flexibility index (Phi) is 3.34. The number of halogens is 3. The molecule has 2 unspecified atom stereocenters. The zero-order valence-corrected chi connectivity index (χ0v) is 9.46. The van der Waals surface area contributed by atoms with Crippen molar-refractivity contribution in [3.05, 3.63) is 0 Å². The summed E-state index contributed by atoms with van der Waals surface area (Å²) in [6.07, 6.45) is -2.53. The van der Waals surface area contributed by atoms with Crippen molar-refractivity contribution in [2.24, 2.45) is 17.6 Å². The number of nitrogens with two attached hydrogens (primary N) is 1. The predicted molar refractivity (Wildman–Crippen MR) is 56.0 cm³/mol. The molecule has 2 fully saturated rings. The molecule has 0 aromatic rings. The molecule has 0 bridgehead atoms. The Morgan fingerprint density at radius 1 is 1.18 bits per heavy atom. The first-order valence-corrected chi connectivity index (χ1v) is 6.00. The van der Waals surface area contributed by atoms with Crippen LogP contribution in [-0.4, -0.2) is 24.2 Å². The second-order valence-electron chi connectivity index (χ2n) is 5.10. The highest BCUT2D eigenvalue weighted by Crippen LogP contribution is 2.39. The van der Waals surface area contributed by atoms with E-state index in [0.717, 1.165) is 6.42 Å². The Balaban J connectivity index is 1.76. The van der Waals surface area contributed by atoms with Gasteiger partial charge >= 0.3 is 6.18 Å². The molecule has 0 spiro atoms. The number of rotatable bonds is 2. The van der Waals surface area contributed by atoms with Gasteiger partial charge in [0.25, 0.3) is 0 Å². The first kappa shape index (κ1) is 12.7. The van der Waals surface area contributed by atoms with Gasteiger partial charge in [-0.3, -0.25) is 4.79 Å². The maximum Gasteiger partial charge on any atom is 0.391 e. The van der Waals surface area contributed by atoms with Gasteiger partial charge in [-0.05, 0) is 32.1 Å². The Bertz CT molecular complexity index is 298. The zero-order chi connectivity index (χ0) is 12.6. The van der Waals surface area contributed by atoms with Gasteiger partial charge in [0.2, 0.25) is 5.91 Å². The van der Waals surface area contributed by atoms with Crippen LogP contribution in [-0.2, 0) is 4.79 Å². The molecule has 3 nitrogen and oxygen atoms in total. The van der Waals surface area contributed by atoms with Crippen LogP contribution in [0.25, 0.3) is 0 Å². The van der Waals surface area contributed by atoms with Crippen LogP contribution in [0.2, 0.25) is 0 Å². The lowest BCUT2D eigenvalue weighted by molar-refractivity contribution is -0.184. The quantitative estimate of drug-likeness (QED) is 0.781. The molecule has 2 atom stereocenters. The van der Waals surface area contributed by atoms with Crippen molar-refractivity contribution in [2.45, 2.75) is 50.4 Å². The molecule has 0 heterocycles. The van der Waals surface area contributed by atoms with Gasteiger partial charge in [0, 0.05) is 18.0 Å². The lowest BCUT2D eigenvalue weighted by atomic mass is 9.81. The fourth-order valence-corrected chi connectivity index (χ4v) is 2.36. The second kappa shape index (κ2) is 4.48. The number of hydrogen-bond acceptors (Lipinski definition) is 2. The van der Waals surface area contributed by atoms with E-state index in [1.165, 1.54) is 0 Å². The molecule has 17 heavy (non-hydrogen) atoms. The van der Waals surface area contributed by atoms with Crippen molar-refractivity contribution in [1.29, 1.82) is 0 Å². The van der Waals surface area contributed by atoms with Gasteiger partial charge in [-0.1, -0.05) is 0 Å². The minimum Gasteiger partial charge on any atom is -0.352 e. The van der Waals surface area contributed by atoms with Crippen LogP contribution in [0.4, 0.5) is 13.2 Å². The van der Waals surface area contributed by atoms with Crippen molar-refractivity contribution in [1.82, 2.24) is 5.32 Å². The van der Waals surface area contributed by atoms with E-state index in [9.17, 15) is 18.0 Å². The summed E-state index contributed by atoms with van der Waals surface area (Å²) in [7, 11) is 0.